The van der Waals surface area contributed by atoms with E-state index in [9.17, 15) is 4.79 Å². The number of hydrogen-bond donors (Lipinski definition) is 1. The maximum Gasteiger partial charge on any atom is 0.259 e. The summed E-state index contributed by atoms with van der Waals surface area (Å²) in [6.07, 6.45) is 6.33. The van der Waals surface area contributed by atoms with E-state index in [1.54, 1.807) is 33.6 Å². The van der Waals surface area contributed by atoms with Crippen molar-refractivity contribution in [1.29, 1.82) is 0 Å². The molecular weight excluding hydrogens is 434 g/mol. The molecule has 1 saturated carbocycles. The Morgan fingerprint density at radius 1 is 1.13 bits per heavy atom. The highest BCUT2D eigenvalue weighted by molar-refractivity contribution is 8.00. The largest absolute Gasteiger partial charge is 0.357 e. The molecule has 1 fully saturated rings. The molecule has 6 nitrogen and oxygen atoms in total. The lowest BCUT2D eigenvalue weighted by Crippen LogP contribution is -2.21. The fraction of sp³-hybridized carbons (Fsp3) is 0.333. The van der Waals surface area contributed by atoms with Gasteiger partial charge in [0.05, 0.1) is 11.4 Å². The van der Waals surface area contributed by atoms with Crippen molar-refractivity contribution in [1.82, 2.24) is 19.6 Å². The number of rotatable bonds is 6. The number of hydrogen-bond acceptors (Lipinski definition) is 8. The molecule has 9 heteroatoms. The fourth-order valence-corrected chi connectivity index (χ4v) is 6.38. The Morgan fingerprint density at radius 2 is 1.97 bits per heavy atom. The van der Waals surface area contributed by atoms with Crippen molar-refractivity contribution in [3.05, 3.63) is 57.8 Å². The second-order valence-electron chi connectivity index (χ2n) is 7.33. The monoisotopic (exact) mass is 455 g/mol. The molecule has 5 rings (SSSR count). The Balaban J connectivity index is 1.29. The first-order valence-corrected chi connectivity index (χ1v) is 12.7. The van der Waals surface area contributed by atoms with Gasteiger partial charge in [0.2, 0.25) is 5.13 Å². The van der Waals surface area contributed by atoms with Gasteiger partial charge in [0.15, 0.2) is 9.30 Å². The van der Waals surface area contributed by atoms with Crippen LogP contribution in [0.5, 0.6) is 0 Å². The number of benzene rings is 1. The van der Waals surface area contributed by atoms with E-state index >= 15 is 0 Å². The molecule has 0 atom stereocenters. The van der Waals surface area contributed by atoms with Crippen LogP contribution in [-0.2, 0) is 5.75 Å². The molecule has 1 aliphatic carbocycles. The van der Waals surface area contributed by atoms with Crippen molar-refractivity contribution in [2.75, 3.05) is 5.32 Å². The third kappa shape index (κ3) is 4.28. The third-order valence-electron chi connectivity index (χ3n) is 5.21. The van der Waals surface area contributed by atoms with E-state index in [2.05, 4.69) is 15.5 Å². The van der Waals surface area contributed by atoms with Gasteiger partial charge >= 0.3 is 0 Å². The van der Waals surface area contributed by atoms with Gasteiger partial charge < -0.3 is 5.32 Å². The fourth-order valence-electron chi connectivity index (χ4n) is 3.73. The highest BCUT2D eigenvalue weighted by atomic mass is 32.2. The van der Waals surface area contributed by atoms with Crippen LogP contribution in [0.4, 0.5) is 5.13 Å². The van der Waals surface area contributed by atoms with Crippen LogP contribution in [0, 0.1) is 0 Å². The number of nitrogens with zero attached hydrogens (tertiary/aromatic N) is 4. The first-order chi connectivity index (χ1) is 14.8. The van der Waals surface area contributed by atoms with E-state index in [0.717, 1.165) is 26.4 Å². The molecule has 0 amide bonds. The van der Waals surface area contributed by atoms with Gasteiger partial charge in [0, 0.05) is 23.2 Å². The van der Waals surface area contributed by atoms with E-state index in [1.165, 1.54) is 43.4 Å². The van der Waals surface area contributed by atoms with Crippen LogP contribution in [0.2, 0.25) is 0 Å². The molecule has 1 N–H and O–H groups in total. The standard InChI is InChI=1S/C21H21N5OS3/c27-18-11-16(23-20-26(18)17(13-28-20)14-7-3-1-4-8-14)12-29-21-25-24-19(30-21)22-15-9-5-2-6-10-15/h1,3-4,7-8,11,13,15H,2,5-6,9-10,12H2,(H,22,24). The van der Waals surface area contributed by atoms with E-state index in [-0.39, 0.29) is 5.56 Å². The molecule has 0 unspecified atom stereocenters. The summed E-state index contributed by atoms with van der Waals surface area (Å²) in [5.41, 5.74) is 2.62. The van der Waals surface area contributed by atoms with Crippen molar-refractivity contribution >= 4 is 44.5 Å². The summed E-state index contributed by atoms with van der Waals surface area (Å²) in [7, 11) is 0. The molecule has 154 valence electrons. The van der Waals surface area contributed by atoms with Crippen LogP contribution >= 0.6 is 34.4 Å². The zero-order valence-electron chi connectivity index (χ0n) is 16.3. The first kappa shape index (κ1) is 19.7. The summed E-state index contributed by atoms with van der Waals surface area (Å²) in [5.74, 6) is 0.600. The molecule has 3 aromatic heterocycles. The molecule has 1 aliphatic rings. The number of nitrogens with one attached hydrogen (secondary N) is 1. The summed E-state index contributed by atoms with van der Waals surface area (Å²) in [4.78, 5) is 18.2. The van der Waals surface area contributed by atoms with Crippen LogP contribution in [0.3, 0.4) is 0 Å². The molecule has 3 heterocycles. The van der Waals surface area contributed by atoms with E-state index in [1.807, 2.05) is 35.7 Å². The molecule has 1 aromatic carbocycles. The molecule has 0 aliphatic heterocycles. The summed E-state index contributed by atoms with van der Waals surface area (Å²) in [5, 5.41) is 15.0. The molecule has 30 heavy (non-hydrogen) atoms. The minimum atomic E-state index is -0.0485. The average molecular weight is 456 g/mol. The Labute approximate surface area is 186 Å². The topological polar surface area (TPSA) is 72.2 Å². The lowest BCUT2D eigenvalue weighted by Gasteiger charge is -2.21. The zero-order chi connectivity index (χ0) is 20.3. The van der Waals surface area contributed by atoms with Crippen LogP contribution < -0.4 is 10.9 Å². The smallest absolute Gasteiger partial charge is 0.259 e. The van der Waals surface area contributed by atoms with Crippen LogP contribution in [0.1, 0.15) is 37.8 Å². The Kier molecular flexibility index (Phi) is 5.83. The highest BCUT2D eigenvalue weighted by Gasteiger charge is 2.16. The lowest BCUT2D eigenvalue weighted by atomic mass is 9.96. The van der Waals surface area contributed by atoms with Crippen molar-refractivity contribution in [3.63, 3.8) is 0 Å². The van der Waals surface area contributed by atoms with Gasteiger partial charge in [-0.2, -0.15) is 0 Å². The van der Waals surface area contributed by atoms with Crippen molar-refractivity contribution in [3.8, 4) is 11.3 Å². The molecular formula is C21H21N5OS3. The number of fused-ring (bicyclic) bond motifs is 1. The lowest BCUT2D eigenvalue weighted by molar-refractivity contribution is 0.462. The third-order valence-corrected chi connectivity index (χ3v) is 8.06. The Hall–Kier alpha value is -2.23. The predicted octanol–water partition coefficient (Wildman–Crippen LogP) is 5.31. The van der Waals surface area contributed by atoms with Crippen molar-refractivity contribution in [2.45, 2.75) is 48.2 Å². The summed E-state index contributed by atoms with van der Waals surface area (Å²) >= 11 is 4.64. The normalized spacial score (nSPS) is 14.9. The maximum atomic E-state index is 12.8. The van der Waals surface area contributed by atoms with Gasteiger partial charge in [0.1, 0.15) is 0 Å². The second kappa shape index (κ2) is 8.87. The maximum absolute atomic E-state index is 12.8. The van der Waals surface area contributed by atoms with E-state index in [4.69, 9.17) is 4.98 Å². The molecule has 0 saturated heterocycles. The first-order valence-electron chi connectivity index (χ1n) is 10.0. The minimum Gasteiger partial charge on any atom is -0.357 e. The van der Waals surface area contributed by atoms with Gasteiger partial charge in [-0.1, -0.05) is 72.7 Å². The number of thioether (sulfide) groups is 1. The molecule has 4 aromatic rings. The number of anilines is 1. The van der Waals surface area contributed by atoms with Crippen molar-refractivity contribution < 1.29 is 0 Å². The second-order valence-corrected chi connectivity index (χ2v) is 10.4. The van der Waals surface area contributed by atoms with E-state index < -0.39 is 0 Å². The predicted molar refractivity (Wildman–Crippen MR) is 125 cm³/mol. The van der Waals surface area contributed by atoms with Gasteiger partial charge in [0.25, 0.3) is 5.56 Å². The Morgan fingerprint density at radius 3 is 2.80 bits per heavy atom. The van der Waals surface area contributed by atoms with Gasteiger partial charge in [-0.3, -0.25) is 9.20 Å². The molecule has 0 radical (unpaired) electrons. The van der Waals surface area contributed by atoms with Crippen LogP contribution in [-0.4, -0.2) is 25.6 Å². The van der Waals surface area contributed by atoms with Crippen LogP contribution in [0.25, 0.3) is 16.2 Å². The number of aromatic nitrogens is 4. The van der Waals surface area contributed by atoms with Gasteiger partial charge in [-0.15, -0.1) is 21.5 Å². The number of thiazole rings is 1. The summed E-state index contributed by atoms with van der Waals surface area (Å²) < 4.78 is 2.58. The molecule has 0 spiro atoms. The summed E-state index contributed by atoms with van der Waals surface area (Å²) in [6.45, 7) is 0. The van der Waals surface area contributed by atoms with Gasteiger partial charge in [-0.25, -0.2) is 4.98 Å². The molecule has 0 bridgehead atoms. The average Bonchev–Trinajstić information content (AvgIpc) is 3.41. The van der Waals surface area contributed by atoms with Crippen LogP contribution in [0.15, 0.2) is 50.9 Å². The van der Waals surface area contributed by atoms with Gasteiger partial charge in [-0.05, 0) is 18.4 Å². The van der Waals surface area contributed by atoms with Crippen molar-refractivity contribution in [2.24, 2.45) is 0 Å². The van der Waals surface area contributed by atoms with E-state index in [0.29, 0.717) is 16.8 Å². The Bertz CT molecular complexity index is 1190. The SMILES string of the molecule is O=c1cc(CSc2nnc(NC3CCCCC3)s2)nc2scc(-c3ccccc3)n12. The summed E-state index contributed by atoms with van der Waals surface area (Å²) in [6, 6.07) is 12.1. The minimum absolute atomic E-state index is 0.0485. The highest BCUT2D eigenvalue weighted by Crippen LogP contribution is 2.30. The zero-order valence-corrected chi connectivity index (χ0v) is 18.7. The quantitative estimate of drug-likeness (QED) is 0.397.